The molecule has 0 bridgehead atoms. The topological polar surface area (TPSA) is 90.4 Å². The van der Waals surface area contributed by atoms with E-state index >= 15 is 0 Å². The Morgan fingerprint density at radius 3 is 2.36 bits per heavy atom. The van der Waals surface area contributed by atoms with Crippen LogP contribution in [0.25, 0.3) is 0 Å². The van der Waals surface area contributed by atoms with Crippen molar-refractivity contribution in [3.63, 3.8) is 0 Å². The van der Waals surface area contributed by atoms with Gasteiger partial charge in [-0.05, 0) is 56.2 Å². The first kappa shape index (κ1) is 27.9. The van der Waals surface area contributed by atoms with Gasteiger partial charge in [0, 0.05) is 57.2 Å². The van der Waals surface area contributed by atoms with E-state index in [1.54, 1.807) is 12.1 Å². The normalized spacial score (nSPS) is 24.7. The molecule has 2 amide bonds. The first-order chi connectivity index (χ1) is 18.9. The van der Waals surface area contributed by atoms with Crippen LogP contribution in [0.15, 0.2) is 24.3 Å². The molecule has 8 heteroatoms. The number of benzene rings is 1. The summed E-state index contributed by atoms with van der Waals surface area (Å²) < 4.78 is 6.28. The van der Waals surface area contributed by atoms with Gasteiger partial charge in [0.15, 0.2) is 0 Å². The Labute approximate surface area is 232 Å². The van der Waals surface area contributed by atoms with Gasteiger partial charge in [0.1, 0.15) is 5.60 Å². The highest BCUT2D eigenvalue weighted by Crippen LogP contribution is 2.43. The molecule has 1 saturated carbocycles. The molecule has 1 aromatic carbocycles. The molecule has 1 aliphatic carbocycles. The summed E-state index contributed by atoms with van der Waals surface area (Å²) in [4.78, 5) is 44.0. The van der Waals surface area contributed by atoms with Crippen LogP contribution in [0.4, 0.5) is 4.79 Å². The van der Waals surface area contributed by atoms with E-state index in [1.165, 1.54) is 44.2 Å². The summed E-state index contributed by atoms with van der Waals surface area (Å²) in [6.07, 6.45) is 13.1. The van der Waals surface area contributed by atoms with Gasteiger partial charge in [-0.1, -0.05) is 45.1 Å². The molecule has 1 unspecified atom stereocenters. The number of hydrogen-bond donors (Lipinski definition) is 1. The molecule has 3 heterocycles. The van der Waals surface area contributed by atoms with E-state index in [4.69, 9.17) is 4.74 Å². The lowest BCUT2D eigenvalue weighted by Crippen LogP contribution is -2.56. The number of unbranched alkanes of at least 4 members (excludes halogenated alkanes) is 1. The lowest BCUT2D eigenvalue weighted by Gasteiger charge is -2.46. The maximum atomic E-state index is 13.2. The Morgan fingerprint density at radius 2 is 1.69 bits per heavy atom. The molecule has 0 radical (unpaired) electrons. The number of amides is 2. The van der Waals surface area contributed by atoms with Crippen LogP contribution in [-0.4, -0.2) is 88.2 Å². The van der Waals surface area contributed by atoms with Crippen LogP contribution < -0.4 is 0 Å². The Kier molecular flexibility index (Phi) is 8.79. The summed E-state index contributed by atoms with van der Waals surface area (Å²) in [5.41, 5.74) is 0.218. The van der Waals surface area contributed by atoms with Crippen LogP contribution in [0, 0.1) is 5.92 Å². The van der Waals surface area contributed by atoms with Gasteiger partial charge in [0.05, 0.1) is 11.6 Å². The first-order valence-corrected chi connectivity index (χ1v) is 15.3. The van der Waals surface area contributed by atoms with Crippen molar-refractivity contribution >= 4 is 18.0 Å². The summed E-state index contributed by atoms with van der Waals surface area (Å²) in [6, 6.07) is 6.91. The molecule has 1 spiro atoms. The number of carbonyl (C=O) groups is 3. The van der Waals surface area contributed by atoms with Crippen molar-refractivity contribution in [1.29, 1.82) is 0 Å². The van der Waals surface area contributed by atoms with E-state index in [0.717, 1.165) is 64.6 Å². The van der Waals surface area contributed by atoms with Crippen molar-refractivity contribution in [1.82, 2.24) is 14.7 Å². The Hall–Kier alpha value is -2.61. The fourth-order valence-electron chi connectivity index (χ4n) is 7.48. The smallest absolute Gasteiger partial charge is 0.410 e. The van der Waals surface area contributed by atoms with E-state index in [-0.39, 0.29) is 29.2 Å². The van der Waals surface area contributed by atoms with Crippen LogP contribution in [0.1, 0.15) is 105 Å². The summed E-state index contributed by atoms with van der Waals surface area (Å²) >= 11 is 0. The number of piperidine rings is 2. The molecule has 0 aromatic heterocycles. The molecular formula is C31H45N3O5. The van der Waals surface area contributed by atoms with Crippen molar-refractivity contribution in [3.8, 4) is 0 Å². The van der Waals surface area contributed by atoms with Gasteiger partial charge in [0.2, 0.25) is 0 Å². The van der Waals surface area contributed by atoms with Crippen molar-refractivity contribution in [2.45, 2.75) is 102 Å². The molecule has 3 saturated heterocycles. The molecule has 39 heavy (non-hydrogen) atoms. The second-order valence-electron chi connectivity index (χ2n) is 12.2. The van der Waals surface area contributed by atoms with Crippen LogP contribution >= 0.6 is 0 Å². The van der Waals surface area contributed by atoms with Gasteiger partial charge in [-0.15, -0.1) is 0 Å². The number of carbonyl (C=O) groups excluding carboxylic acids is 2. The number of rotatable bonds is 8. The highest BCUT2D eigenvalue weighted by Gasteiger charge is 2.55. The average Bonchev–Trinajstić information content (AvgIpc) is 3.21. The number of carboxylic acid groups (broad SMARTS) is 1. The zero-order valence-corrected chi connectivity index (χ0v) is 23.5. The quantitative estimate of drug-likeness (QED) is 0.475. The molecule has 5 rings (SSSR count). The van der Waals surface area contributed by atoms with E-state index in [2.05, 4.69) is 16.7 Å². The second kappa shape index (κ2) is 12.3. The summed E-state index contributed by atoms with van der Waals surface area (Å²) in [6.45, 7) is 6.27. The molecule has 4 aliphatic rings. The molecule has 1 N–H and O–H groups in total. The fraction of sp³-hybridized carbons (Fsp3) is 0.710. The monoisotopic (exact) mass is 539 g/mol. The minimum absolute atomic E-state index is 0.0890. The highest BCUT2D eigenvalue weighted by atomic mass is 16.6. The lowest BCUT2D eigenvalue weighted by molar-refractivity contribution is -0.0385. The zero-order valence-electron chi connectivity index (χ0n) is 23.5. The van der Waals surface area contributed by atoms with Crippen LogP contribution in [-0.2, 0) is 4.74 Å². The predicted molar refractivity (Wildman–Crippen MR) is 149 cm³/mol. The molecule has 3 aliphatic heterocycles. The Bertz CT molecular complexity index is 1020. The van der Waals surface area contributed by atoms with Crippen LogP contribution in [0.2, 0.25) is 0 Å². The van der Waals surface area contributed by atoms with Crippen molar-refractivity contribution in [2.75, 3.05) is 32.7 Å². The third kappa shape index (κ3) is 6.11. The molecule has 1 atom stereocenters. The summed E-state index contributed by atoms with van der Waals surface area (Å²) in [5.74, 6) is -0.498. The maximum Gasteiger partial charge on any atom is 0.410 e. The van der Waals surface area contributed by atoms with Gasteiger partial charge >= 0.3 is 12.1 Å². The molecule has 8 nitrogen and oxygen atoms in total. The molecular weight excluding hydrogens is 494 g/mol. The standard InChI is InChI=1S/C31H45N3O5/c1-2-3-12-27-31(39-30(38)34(27)22-23-8-5-4-6-9-23)15-19-32(20-16-31)26-13-17-33(18-14-26)28(35)24-10-7-11-25(21-24)29(36)37/h7,10-11,21,23,26-27H,2-6,8-9,12-20,22H2,1H3,(H,36,37). The Balaban J connectivity index is 1.16. The van der Waals surface area contributed by atoms with Gasteiger partial charge < -0.3 is 19.6 Å². The van der Waals surface area contributed by atoms with Gasteiger partial charge in [-0.25, -0.2) is 9.59 Å². The first-order valence-electron chi connectivity index (χ1n) is 15.3. The number of hydrogen-bond acceptors (Lipinski definition) is 5. The minimum Gasteiger partial charge on any atom is -0.478 e. The molecule has 4 fully saturated rings. The number of carboxylic acids is 1. The summed E-state index contributed by atoms with van der Waals surface area (Å²) in [7, 11) is 0. The fourth-order valence-corrected chi connectivity index (χ4v) is 7.48. The predicted octanol–water partition coefficient (Wildman–Crippen LogP) is 5.42. The molecule has 214 valence electrons. The van der Waals surface area contributed by atoms with Crippen LogP contribution in [0.5, 0.6) is 0 Å². The molecule has 1 aromatic rings. The number of nitrogens with zero attached hydrogens (tertiary/aromatic N) is 3. The van der Waals surface area contributed by atoms with E-state index in [9.17, 15) is 19.5 Å². The van der Waals surface area contributed by atoms with Crippen LogP contribution in [0.3, 0.4) is 0 Å². The lowest BCUT2D eigenvalue weighted by atomic mass is 9.80. The number of likely N-dealkylation sites (tertiary alicyclic amines) is 2. The SMILES string of the molecule is CCCCC1N(CC2CCCCC2)C(=O)OC12CCN(C1CCN(C(=O)c3cccc(C(=O)O)c3)CC1)CC2. The third-order valence-electron chi connectivity index (χ3n) is 9.79. The maximum absolute atomic E-state index is 13.2. The van der Waals surface area contributed by atoms with E-state index in [1.807, 2.05) is 4.90 Å². The van der Waals surface area contributed by atoms with Gasteiger partial charge in [0.25, 0.3) is 5.91 Å². The van der Waals surface area contributed by atoms with Crippen molar-refractivity contribution < 1.29 is 24.2 Å². The Morgan fingerprint density at radius 1 is 1.00 bits per heavy atom. The summed E-state index contributed by atoms with van der Waals surface area (Å²) in [5, 5.41) is 9.26. The zero-order chi connectivity index (χ0) is 27.4. The third-order valence-corrected chi connectivity index (χ3v) is 9.79. The largest absolute Gasteiger partial charge is 0.478 e. The van der Waals surface area contributed by atoms with Gasteiger partial charge in [-0.2, -0.15) is 0 Å². The van der Waals surface area contributed by atoms with Crippen molar-refractivity contribution in [2.24, 2.45) is 5.92 Å². The highest BCUT2D eigenvalue weighted by molar-refractivity contribution is 5.97. The van der Waals surface area contributed by atoms with E-state index in [0.29, 0.717) is 30.6 Å². The van der Waals surface area contributed by atoms with Crippen molar-refractivity contribution in [3.05, 3.63) is 35.4 Å². The number of ether oxygens (including phenoxy) is 1. The van der Waals surface area contributed by atoms with Gasteiger partial charge in [-0.3, -0.25) is 9.69 Å². The van der Waals surface area contributed by atoms with E-state index < -0.39 is 5.97 Å². The average molecular weight is 540 g/mol. The minimum atomic E-state index is -1.02. The second-order valence-corrected chi connectivity index (χ2v) is 12.2. The number of aromatic carboxylic acids is 1.